The standard InChI is InChI=1S/C29H41NO4/c31-27(8-10-30-11-9-27)19-32-26-5-3-22(4-6-26)23-2-1-7-28(17-23)18-29(34-33-28)24-13-20-12-21(15-24)16-25(29)14-20/h3-6,20-21,23-25,30-31H,1-2,7-19H2/t20?,21?,23-,24?,25?,28-,29?/m1/s1. The molecule has 7 aliphatic rings. The quantitative estimate of drug-likeness (QED) is 0.602. The fourth-order valence-electron chi connectivity index (χ4n) is 9.07. The van der Waals surface area contributed by atoms with Crippen LogP contribution in [0.4, 0.5) is 0 Å². The van der Waals surface area contributed by atoms with Crippen molar-refractivity contribution in [2.24, 2.45) is 23.7 Å². The molecule has 2 N–H and O–H groups in total. The van der Waals surface area contributed by atoms with Crippen molar-refractivity contribution >= 4 is 0 Å². The molecule has 4 bridgehead atoms. The van der Waals surface area contributed by atoms with E-state index < -0.39 is 5.60 Å². The van der Waals surface area contributed by atoms with Gasteiger partial charge >= 0.3 is 0 Å². The topological polar surface area (TPSA) is 60.0 Å². The third-order valence-electron chi connectivity index (χ3n) is 10.7. The van der Waals surface area contributed by atoms with Gasteiger partial charge in [-0.15, -0.1) is 0 Å². The predicted molar refractivity (Wildman–Crippen MR) is 129 cm³/mol. The minimum atomic E-state index is -0.701. The summed E-state index contributed by atoms with van der Waals surface area (Å²) in [6, 6.07) is 8.65. The number of piperidine rings is 1. The molecule has 7 fully saturated rings. The fourth-order valence-corrected chi connectivity index (χ4v) is 9.07. The van der Waals surface area contributed by atoms with Crippen LogP contribution in [0.3, 0.4) is 0 Å². The number of hydrogen-bond acceptors (Lipinski definition) is 5. The van der Waals surface area contributed by atoms with Gasteiger partial charge in [0.05, 0.1) is 0 Å². The molecule has 0 radical (unpaired) electrons. The highest BCUT2D eigenvalue weighted by Gasteiger charge is 2.65. The van der Waals surface area contributed by atoms with Crippen molar-refractivity contribution in [3.05, 3.63) is 29.8 Å². The third-order valence-corrected chi connectivity index (χ3v) is 10.7. The highest BCUT2D eigenvalue weighted by Crippen LogP contribution is 2.65. The van der Waals surface area contributed by atoms with Crippen molar-refractivity contribution in [3.8, 4) is 5.75 Å². The molecule has 2 heterocycles. The van der Waals surface area contributed by atoms with E-state index >= 15 is 0 Å². The Bertz CT molecular complexity index is 866. The number of rotatable bonds is 4. The Hall–Kier alpha value is -1.14. The van der Waals surface area contributed by atoms with Gasteiger partial charge in [-0.2, -0.15) is 0 Å². The van der Waals surface area contributed by atoms with Crippen molar-refractivity contribution < 1.29 is 19.6 Å². The molecule has 2 spiro atoms. The maximum absolute atomic E-state index is 10.7. The first-order valence-corrected chi connectivity index (χ1v) is 14.1. The number of nitrogens with one attached hydrogen (secondary N) is 1. The Kier molecular flexibility index (Phi) is 5.32. The minimum Gasteiger partial charge on any atom is -0.491 e. The molecule has 0 unspecified atom stereocenters. The minimum absolute atomic E-state index is 0.0158. The Morgan fingerprint density at radius 1 is 0.912 bits per heavy atom. The lowest BCUT2D eigenvalue weighted by molar-refractivity contribution is -0.385. The van der Waals surface area contributed by atoms with Gasteiger partial charge in [-0.1, -0.05) is 12.1 Å². The average Bonchev–Trinajstić information content (AvgIpc) is 3.21. The van der Waals surface area contributed by atoms with Crippen LogP contribution < -0.4 is 10.1 Å². The summed E-state index contributed by atoms with van der Waals surface area (Å²) in [4.78, 5) is 12.9. The Balaban J connectivity index is 1.01. The van der Waals surface area contributed by atoms with Gasteiger partial charge in [0.1, 0.15) is 29.2 Å². The van der Waals surface area contributed by atoms with E-state index in [0.29, 0.717) is 12.5 Å². The Labute approximate surface area is 203 Å². The monoisotopic (exact) mass is 467 g/mol. The van der Waals surface area contributed by atoms with Gasteiger partial charge in [-0.05, 0) is 131 Å². The van der Waals surface area contributed by atoms with E-state index in [2.05, 4.69) is 29.6 Å². The number of aliphatic hydroxyl groups is 1. The van der Waals surface area contributed by atoms with Crippen molar-refractivity contribution in [2.45, 2.75) is 99.8 Å². The molecule has 5 nitrogen and oxygen atoms in total. The van der Waals surface area contributed by atoms with Crippen LogP contribution in [-0.4, -0.2) is 41.6 Å². The lowest BCUT2D eigenvalue weighted by Gasteiger charge is -2.58. The Morgan fingerprint density at radius 3 is 2.32 bits per heavy atom. The summed E-state index contributed by atoms with van der Waals surface area (Å²) < 4.78 is 5.99. The molecule has 2 saturated heterocycles. The molecule has 0 amide bonds. The summed E-state index contributed by atoms with van der Waals surface area (Å²) in [5.41, 5.74) is 0.614. The van der Waals surface area contributed by atoms with Crippen LogP contribution >= 0.6 is 0 Å². The van der Waals surface area contributed by atoms with Gasteiger partial charge in [-0.3, -0.25) is 0 Å². The third kappa shape index (κ3) is 3.73. The summed E-state index contributed by atoms with van der Waals surface area (Å²) in [6.07, 6.45) is 14.3. The van der Waals surface area contributed by atoms with E-state index in [1.54, 1.807) is 0 Å². The van der Waals surface area contributed by atoms with Gasteiger partial charge < -0.3 is 15.2 Å². The second-order valence-electron chi connectivity index (χ2n) is 12.9. The van der Waals surface area contributed by atoms with E-state index in [-0.39, 0.29) is 11.2 Å². The van der Waals surface area contributed by atoms with E-state index in [0.717, 1.165) is 74.6 Å². The largest absolute Gasteiger partial charge is 0.491 e. The van der Waals surface area contributed by atoms with Crippen LogP contribution in [0.25, 0.3) is 0 Å². The molecule has 0 aromatic heterocycles. The van der Waals surface area contributed by atoms with Crippen LogP contribution in [0.2, 0.25) is 0 Å². The lowest BCUT2D eigenvalue weighted by Crippen LogP contribution is -2.58. The van der Waals surface area contributed by atoms with Gasteiger partial charge in [0.15, 0.2) is 0 Å². The summed E-state index contributed by atoms with van der Waals surface area (Å²) in [5, 5.41) is 14.0. The van der Waals surface area contributed by atoms with Gasteiger partial charge in [-0.25, -0.2) is 9.78 Å². The molecule has 34 heavy (non-hydrogen) atoms. The second kappa shape index (κ2) is 8.19. The SMILES string of the molecule is OC1(COc2ccc([C@@H]3CCC[C@@]4(C3)CC3(OO4)C4CC5CC(C4)CC3C5)cc2)CCNCC1. The maximum atomic E-state index is 10.7. The summed E-state index contributed by atoms with van der Waals surface area (Å²) >= 11 is 0. The van der Waals surface area contributed by atoms with E-state index in [1.165, 1.54) is 50.5 Å². The first-order valence-electron chi connectivity index (χ1n) is 14.1. The van der Waals surface area contributed by atoms with Crippen LogP contribution in [0.1, 0.15) is 88.5 Å². The molecule has 8 rings (SSSR count). The number of hydrogen-bond donors (Lipinski definition) is 2. The molecule has 1 aromatic carbocycles. The molecule has 5 aliphatic carbocycles. The van der Waals surface area contributed by atoms with E-state index in [1.807, 2.05) is 0 Å². The second-order valence-corrected chi connectivity index (χ2v) is 12.9. The van der Waals surface area contributed by atoms with E-state index in [9.17, 15) is 5.11 Å². The molecule has 2 aliphatic heterocycles. The number of benzene rings is 1. The van der Waals surface area contributed by atoms with Crippen molar-refractivity contribution in [1.29, 1.82) is 0 Å². The predicted octanol–water partition coefficient (Wildman–Crippen LogP) is 5.12. The molecule has 1 aromatic rings. The molecule has 5 heteroatoms. The lowest BCUT2D eigenvalue weighted by atomic mass is 9.48. The molecule has 2 atom stereocenters. The molecular weight excluding hydrogens is 426 g/mol. The molecular formula is C29H41NO4. The zero-order valence-corrected chi connectivity index (χ0v) is 20.5. The van der Waals surface area contributed by atoms with E-state index in [4.69, 9.17) is 14.5 Å². The van der Waals surface area contributed by atoms with Crippen LogP contribution in [0.5, 0.6) is 5.75 Å². The smallest absolute Gasteiger partial charge is 0.119 e. The summed E-state index contributed by atoms with van der Waals surface area (Å²) in [7, 11) is 0. The van der Waals surface area contributed by atoms with Crippen molar-refractivity contribution in [3.63, 3.8) is 0 Å². The van der Waals surface area contributed by atoms with Crippen LogP contribution in [0.15, 0.2) is 24.3 Å². The highest BCUT2D eigenvalue weighted by atomic mass is 17.2. The zero-order valence-electron chi connectivity index (χ0n) is 20.5. The first-order chi connectivity index (χ1) is 16.5. The number of ether oxygens (including phenoxy) is 1. The highest BCUT2D eigenvalue weighted by molar-refractivity contribution is 5.30. The molecule has 186 valence electrons. The normalized spacial score (nSPS) is 44.7. The van der Waals surface area contributed by atoms with Gasteiger partial charge in [0.2, 0.25) is 0 Å². The zero-order chi connectivity index (χ0) is 22.8. The van der Waals surface area contributed by atoms with Gasteiger partial charge in [0, 0.05) is 6.42 Å². The fraction of sp³-hybridized carbons (Fsp3) is 0.793. The summed E-state index contributed by atoms with van der Waals surface area (Å²) in [6.45, 7) is 2.09. The Morgan fingerprint density at radius 2 is 1.62 bits per heavy atom. The average molecular weight is 468 g/mol. The maximum Gasteiger partial charge on any atom is 0.119 e. The van der Waals surface area contributed by atoms with Crippen LogP contribution in [-0.2, 0) is 9.78 Å². The summed E-state index contributed by atoms with van der Waals surface area (Å²) in [5.74, 6) is 4.76. The van der Waals surface area contributed by atoms with Crippen LogP contribution in [0, 0.1) is 23.7 Å². The van der Waals surface area contributed by atoms with Crippen molar-refractivity contribution in [2.75, 3.05) is 19.7 Å². The first kappa shape index (κ1) is 22.1. The molecule has 5 saturated carbocycles. The van der Waals surface area contributed by atoms with Gasteiger partial charge in [0.25, 0.3) is 0 Å². The van der Waals surface area contributed by atoms with Crippen molar-refractivity contribution in [1.82, 2.24) is 5.32 Å².